The number of anilines is 2. The lowest BCUT2D eigenvalue weighted by molar-refractivity contribution is -0.386. The maximum atomic E-state index is 14.1. The highest BCUT2D eigenvalue weighted by Crippen LogP contribution is 2.54. The number of nitro groups is 1. The van der Waals surface area contributed by atoms with E-state index in [2.05, 4.69) is 81.8 Å². The number of H-pyrrole nitrogens is 1. The van der Waals surface area contributed by atoms with Crippen molar-refractivity contribution in [3.63, 3.8) is 0 Å². The molecule has 2 saturated carbocycles. The van der Waals surface area contributed by atoms with Crippen molar-refractivity contribution in [3.05, 3.63) is 106 Å². The molecule has 5 heterocycles. The normalized spacial score (nSPS) is 22.0. The van der Waals surface area contributed by atoms with Gasteiger partial charge in [-0.15, -0.1) is 0 Å². The average molecular weight is 930 g/mol. The fraction of sp³-hybridized carbons (Fsp3) is 0.500. The molecular weight excluding hydrogens is 867 g/mol. The molecule has 14 nitrogen and oxygen atoms in total. The van der Waals surface area contributed by atoms with Gasteiger partial charge in [-0.1, -0.05) is 52.0 Å². The minimum atomic E-state index is -4.62. The molecule has 4 fully saturated rings. The SMILES string of the molecule is CC(C)c1ccccc1[C@H]1CCCN1C1CC2(CCN(c3ccc(C(=O)NS(=O)(=O)c4cc5c(c([N+](=O)[O-])c4)O[C@@H](CC4CCC(C)(C)CC4)CN5)c(Oc4cnc5[nH]ccc5c4)c3)CC2)C1. The number of nitrogens with zero attached hydrogens (tertiary/aromatic N) is 4. The lowest BCUT2D eigenvalue weighted by Gasteiger charge is -2.56. The van der Waals surface area contributed by atoms with Crippen LogP contribution < -0.4 is 24.4 Å². The molecule has 3 N–H and O–H groups in total. The fourth-order valence-electron chi connectivity index (χ4n) is 11.8. The minimum absolute atomic E-state index is 0.00573. The Kier molecular flexibility index (Phi) is 12.0. The number of fused-ring (bicyclic) bond motifs is 2. The second-order valence-corrected chi connectivity index (χ2v) is 22.8. The van der Waals surface area contributed by atoms with Crippen molar-refractivity contribution in [2.24, 2.45) is 16.7 Å². The maximum absolute atomic E-state index is 14.1. The molecule has 67 heavy (non-hydrogen) atoms. The van der Waals surface area contributed by atoms with Gasteiger partial charge < -0.3 is 24.7 Å². The summed E-state index contributed by atoms with van der Waals surface area (Å²) >= 11 is 0. The van der Waals surface area contributed by atoms with Crippen molar-refractivity contribution in [2.75, 3.05) is 36.4 Å². The molecule has 2 aliphatic carbocycles. The molecule has 0 unspecified atom stereocenters. The number of carbonyl (C=O) groups is 1. The van der Waals surface area contributed by atoms with Crippen molar-refractivity contribution >= 4 is 44.0 Å². The number of amides is 1. The van der Waals surface area contributed by atoms with Gasteiger partial charge in [-0.2, -0.15) is 0 Å². The van der Waals surface area contributed by atoms with Crippen molar-refractivity contribution in [1.82, 2.24) is 19.6 Å². The van der Waals surface area contributed by atoms with Gasteiger partial charge in [-0.3, -0.25) is 19.8 Å². The maximum Gasteiger partial charge on any atom is 0.314 e. The molecule has 3 aromatic carbocycles. The Labute approximate surface area is 393 Å². The summed E-state index contributed by atoms with van der Waals surface area (Å²) in [6.45, 7) is 12.4. The van der Waals surface area contributed by atoms with E-state index in [-0.39, 0.29) is 28.9 Å². The molecule has 1 spiro atoms. The van der Waals surface area contributed by atoms with Crippen LogP contribution in [0.2, 0.25) is 0 Å². The van der Waals surface area contributed by atoms with Crippen LogP contribution in [0, 0.1) is 26.9 Å². The molecule has 2 atom stereocenters. The topological polar surface area (TPSA) is 172 Å². The van der Waals surface area contributed by atoms with Gasteiger partial charge in [0.05, 0.1) is 33.8 Å². The zero-order valence-electron chi connectivity index (χ0n) is 39.1. The number of likely N-dealkylation sites (tertiary alicyclic amines) is 1. The Morgan fingerprint density at radius 2 is 1.78 bits per heavy atom. The van der Waals surface area contributed by atoms with Crippen LogP contribution in [0.4, 0.5) is 17.1 Å². The van der Waals surface area contributed by atoms with E-state index in [9.17, 15) is 23.3 Å². The Bertz CT molecular complexity index is 2780. The second kappa shape index (κ2) is 17.8. The summed E-state index contributed by atoms with van der Waals surface area (Å²) in [6, 6.07) is 21.2. The molecule has 1 amide bonds. The first-order valence-corrected chi connectivity index (χ1v) is 25.8. The number of rotatable bonds is 12. The monoisotopic (exact) mass is 929 g/mol. The van der Waals surface area contributed by atoms with Crippen LogP contribution in [0.5, 0.6) is 17.2 Å². The zero-order chi connectivity index (χ0) is 46.7. The Hall–Kier alpha value is -5.67. The Balaban J connectivity index is 0.845. The van der Waals surface area contributed by atoms with Gasteiger partial charge in [0.2, 0.25) is 5.75 Å². The number of benzene rings is 3. The number of nitro benzene ring substituents is 1. The molecule has 3 aliphatic heterocycles. The summed E-state index contributed by atoms with van der Waals surface area (Å²) in [5.41, 5.74) is 4.82. The molecule has 10 rings (SSSR count). The lowest BCUT2D eigenvalue weighted by Crippen LogP contribution is -2.54. The van der Waals surface area contributed by atoms with Gasteiger partial charge in [0.25, 0.3) is 15.9 Å². The Morgan fingerprint density at radius 1 is 1.00 bits per heavy atom. The minimum Gasteiger partial charge on any atom is -0.480 e. The van der Waals surface area contributed by atoms with Crippen molar-refractivity contribution in [3.8, 4) is 17.2 Å². The number of hydrogen-bond acceptors (Lipinski definition) is 11. The van der Waals surface area contributed by atoms with E-state index in [0.29, 0.717) is 52.7 Å². The smallest absolute Gasteiger partial charge is 0.314 e. The molecule has 2 aromatic heterocycles. The number of aromatic amines is 1. The van der Waals surface area contributed by atoms with Crippen LogP contribution in [0.3, 0.4) is 0 Å². The van der Waals surface area contributed by atoms with E-state index in [1.54, 1.807) is 30.6 Å². The number of aromatic nitrogens is 2. The zero-order valence-corrected chi connectivity index (χ0v) is 39.9. The molecule has 0 radical (unpaired) electrons. The van der Waals surface area contributed by atoms with E-state index < -0.39 is 31.4 Å². The number of sulfonamides is 1. The quantitative estimate of drug-likeness (QED) is 0.0803. The van der Waals surface area contributed by atoms with E-state index in [0.717, 1.165) is 81.7 Å². The van der Waals surface area contributed by atoms with Gasteiger partial charge in [-0.05, 0) is 141 Å². The van der Waals surface area contributed by atoms with Crippen LogP contribution >= 0.6 is 0 Å². The summed E-state index contributed by atoms with van der Waals surface area (Å²) in [6.07, 6.45) is 15.1. The summed E-state index contributed by atoms with van der Waals surface area (Å²) in [7, 11) is -4.62. The molecule has 5 aliphatic rings. The Morgan fingerprint density at radius 3 is 2.54 bits per heavy atom. The van der Waals surface area contributed by atoms with E-state index in [4.69, 9.17) is 9.47 Å². The van der Waals surface area contributed by atoms with Crippen LogP contribution in [0.15, 0.2) is 84.0 Å². The number of piperidine rings is 1. The second-order valence-electron chi connectivity index (χ2n) is 21.1. The lowest BCUT2D eigenvalue weighted by atomic mass is 9.59. The number of hydrogen-bond donors (Lipinski definition) is 3. The third kappa shape index (κ3) is 9.20. The van der Waals surface area contributed by atoms with Crippen molar-refractivity contribution in [1.29, 1.82) is 0 Å². The van der Waals surface area contributed by atoms with Crippen molar-refractivity contribution in [2.45, 2.75) is 127 Å². The first-order chi connectivity index (χ1) is 32.1. The van der Waals surface area contributed by atoms with Crippen LogP contribution in [0.25, 0.3) is 11.0 Å². The predicted molar refractivity (Wildman–Crippen MR) is 260 cm³/mol. The standard InChI is InChI=1S/C52H63N7O7S/c1-33(2)41-8-5-6-9-42(41)45-10-7-21-58(45)37-29-52(30-37)18-22-57(23-19-52)36-11-12-43(47(26-36)65-39-25-35-15-20-53-49(35)55-32-39)50(60)56-67(63,64)40-27-44-48(46(28-40)59(61)62)66-38(31-54-44)24-34-13-16-51(3,4)17-14-34/h5-6,8-9,11-12,15,20,25-28,32-34,37-38,45,54H,7,10,13-14,16-19,21-24,29-31H2,1-4H3,(H,53,55)(H,56,60)/t38-,45+/m0/s1. The van der Waals surface area contributed by atoms with E-state index in [1.807, 2.05) is 12.1 Å². The molecular formula is C52H63N7O7S. The van der Waals surface area contributed by atoms with Gasteiger partial charge in [0.1, 0.15) is 23.3 Å². The average Bonchev–Trinajstić information content (AvgIpc) is 3.98. The molecule has 15 heteroatoms. The summed E-state index contributed by atoms with van der Waals surface area (Å²) in [5, 5.41) is 16.4. The highest BCUT2D eigenvalue weighted by Gasteiger charge is 2.50. The van der Waals surface area contributed by atoms with Gasteiger partial charge in [0.15, 0.2) is 0 Å². The van der Waals surface area contributed by atoms with E-state index in [1.165, 1.54) is 42.9 Å². The number of carbonyl (C=O) groups excluding carboxylic acids is 1. The summed E-state index contributed by atoms with van der Waals surface area (Å²) in [5.74, 6) is 0.544. The van der Waals surface area contributed by atoms with Crippen LogP contribution in [-0.4, -0.2) is 72.4 Å². The molecule has 5 aromatic rings. The highest BCUT2D eigenvalue weighted by molar-refractivity contribution is 7.90. The third-order valence-corrected chi connectivity index (χ3v) is 17.0. The van der Waals surface area contributed by atoms with Gasteiger partial charge in [0, 0.05) is 54.6 Å². The third-order valence-electron chi connectivity index (χ3n) is 15.7. The largest absolute Gasteiger partial charge is 0.480 e. The number of pyridine rings is 1. The molecule has 354 valence electrons. The fourth-order valence-corrected chi connectivity index (χ4v) is 12.8. The molecule has 0 bridgehead atoms. The predicted octanol–water partition coefficient (Wildman–Crippen LogP) is 10.9. The number of ether oxygens (including phenoxy) is 2. The van der Waals surface area contributed by atoms with E-state index >= 15 is 0 Å². The number of nitrogens with one attached hydrogen (secondary N) is 3. The molecule has 2 saturated heterocycles. The summed E-state index contributed by atoms with van der Waals surface area (Å²) in [4.78, 5) is 38.1. The van der Waals surface area contributed by atoms with Gasteiger partial charge in [-0.25, -0.2) is 18.1 Å². The van der Waals surface area contributed by atoms with Crippen LogP contribution in [-0.2, 0) is 10.0 Å². The highest BCUT2D eigenvalue weighted by atomic mass is 32.2. The first kappa shape index (κ1) is 45.1. The van der Waals surface area contributed by atoms with Crippen molar-refractivity contribution < 1.29 is 27.6 Å². The summed E-state index contributed by atoms with van der Waals surface area (Å²) < 4.78 is 42.8. The first-order valence-electron chi connectivity index (χ1n) is 24.3. The van der Waals surface area contributed by atoms with Crippen LogP contribution in [0.1, 0.15) is 132 Å². The van der Waals surface area contributed by atoms with Gasteiger partial charge >= 0.3 is 5.69 Å².